The van der Waals surface area contributed by atoms with Crippen LogP contribution in [0.1, 0.15) is 46.5 Å². The number of nitrogens with zero attached hydrogens (tertiary/aromatic N) is 2. The van der Waals surface area contributed by atoms with Gasteiger partial charge in [0.2, 0.25) is 0 Å². The zero-order chi connectivity index (χ0) is 13.6. The molecule has 0 aromatic rings. The first-order valence-corrected chi connectivity index (χ1v) is 7.52. The molecule has 18 heavy (non-hydrogen) atoms. The van der Waals surface area contributed by atoms with E-state index in [2.05, 4.69) is 50.0 Å². The van der Waals surface area contributed by atoms with Crippen LogP contribution in [0.25, 0.3) is 0 Å². The van der Waals surface area contributed by atoms with Crippen LogP contribution in [0.15, 0.2) is 0 Å². The molecule has 0 bridgehead atoms. The summed E-state index contributed by atoms with van der Waals surface area (Å²) in [5.41, 5.74) is 0.265. The van der Waals surface area contributed by atoms with Crippen LogP contribution in [-0.2, 0) is 0 Å². The van der Waals surface area contributed by atoms with Crippen molar-refractivity contribution in [2.75, 3.05) is 40.3 Å². The summed E-state index contributed by atoms with van der Waals surface area (Å²) in [4.78, 5) is 5.02. The Morgan fingerprint density at radius 1 is 1.22 bits per heavy atom. The second-order valence-corrected chi connectivity index (χ2v) is 6.98. The van der Waals surface area contributed by atoms with E-state index in [-0.39, 0.29) is 5.54 Å². The Labute approximate surface area is 114 Å². The molecule has 0 aliphatic carbocycles. The van der Waals surface area contributed by atoms with Crippen molar-refractivity contribution in [3.05, 3.63) is 0 Å². The van der Waals surface area contributed by atoms with Crippen molar-refractivity contribution in [3.8, 4) is 0 Å². The van der Waals surface area contributed by atoms with Gasteiger partial charge in [0, 0.05) is 18.1 Å². The fraction of sp³-hybridized carbons (Fsp3) is 1.00. The molecule has 1 saturated heterocycles. The quantitative estimate of drug-likeness (QED) is 0.704. The van der Waals surface area contributed by atoms with Crippen LogP contribution in [0.2, 0.25) is 0 Å². The molecule has 1 rings (SSSR count). The number of unbranched alkanes of at least 4 members (excludes halogenated alkanes) is 1. The second-order valence-electron chi connectivity index (χ2n) is 6.98. The molecule has 3 nitrogen and oxygen atoms in total. The monoisotopic (exact) mass is 255 g/mol. The summed E-state index contributed by atoms with van der Waals surface area (Å²) in [5.74, 6) is 0. The van der Waals surface area contributed by atoms with Gasteiger partial charge in [-0.1, -0.05) is 0 Å². The lowest BCUT2D eigenvalue weighted by atomic mass is 10.1. The number of rotatable bonds is 7. The Kier molecular flexibility index (Phi) is 6.61. The normalized spacial score (nSPS) is 22.0. The largest absolute Gasteiger partial charge is 0.312 e. The molecule has 1 unspecified atom stereocenters. The summed E-state index contributed by atoms with van der Waals surface area (Å²) in [6, 6.07) is 0.801. The number of hydrogen-bond donors (Lipinski definition) is 1. The van der Waals surface area contributed by atoms with Crippen LogP contribution in [0.5, 0.6) is 0 Å². The van der Waals surface area contributed by atoms with Gasteiger partial charge in [-0.25, -0.2) is 0 Å². The Morgan fingerprint density at radius 2 is 1.94 bits per heavy atom. The Bertz CT molecular complexity index is 220. The van der Waals surface area contributed by atoms with Crippen LogP contribution >= 0.6 is 0 Å². The summed E-state index contributed by atoms with van der Waals surface area (Å²) in [5, 5.41) is 3.56. The van der Waals surface area contributed by atoms with Crippen LogP contribution in [-0.4, -0.2) is 61.7 Å². The molecule has 1 aliphatic rings. The van der Waals surface area contributed by atoms with E-state index in [4.69, 9.17) is 0 Å². The number of hydrogen-bond acceptors (Lipinski definition) is 3. The Balaban J connectivity index is 2.11. The van der Waals surface area contributed by atoms with Crippen molar-refractivity contribution < 1.29 is 0 Å². The van der Waals surface area contributed by atoms with Gasteiger partial charge in [0.1, 0.15) is 0 Å². The van der Waals surface area contributed by atoms with Gasteiger partial charge in [0.25, 0.3) is 0 Å². The molecule has 1 N–H and O–H groups in total. The lowest BCUT2D eigenvalue weighted by molar-refractivity contribution is 0.204. The maximum absolute atomic E-state index is 3.56. The molecule has 0 aromatic heterocycles. The van der Waals surface area contributed by atoms with Gasteiger partial charge in [-0.3, -0.25) is 4.90 Å². The first kappa shape index (κ1) is 15.9. The fourth-order valence-electron chi connectivity index (χ4n) is 2.72. The summed E-state index contributed by atoms with van der Waals surface area (Å²) < 4.78 is 0. The third kappa shape index (κ3) is 6.72. The standard InChI is InChI=1S/C15H33N3/c1-15(2,3)16-10-6-7-11-18-12-8-9-14(18)13-17(4)5/h14,16H,6-13H2,1-5H3. The molecule has 1 fully saturated rings. The van der Waals surface area contributed by atoms with E-state index in [0.29, 0.717) is 0 Å². The zero-order valence-corrected chi connectivity index (χ0v) is 13.1. The average molecular weight is 255 g/mol. The van der Waals surface area contributed by atoms with E-state index in [1.54, 1.807) is 0 Å². The van der Waals surface area contributed by atoms with Gasteiger partial charge >= 0.3 is 0 Å². The average Bonchev–Trinajstić information content (AvgIpc) is 2.62. The number of likely N-dealkylation sites (N-methyl/N-ethyl adjacent to an activating group) is 1. The van der Waals surface area contributed by atoms with Crippen LogP contribution in [0.3, 0.4) is 0 Å². The van der Waals surface area contributed by atoms with Crippen molar-refractivity contribution in [1.82, 2.24) is 15.1 Å². The molecule has 0 aromatic carbocycles. The highest BCUT2D eigenvalue weighted by Gasteiger charge is 2.23. The van der Waals surface area contributed by atoms with Crippen molar-refractivity contribution in [3.63, 3.8) is 0 Å². The predicted molar refractivity (Wildman–Crippen MR) is 80.1 cm³/mol. The molecule has 3 heteroatoms. The van der Waals surface area contributed by atoms with E-state index >= 15 is 0 Å². The summed E-state index contributed by atoms with van der Waals surface area (Å²) >= 11 is 0. The zero-order valence-electron chi connectivity index (χ0n) is 13.1. The van der Waals surface area contributed by atoms with E-state index in [1.165, 1.54) is 45.3 Å². The topological polar surface area (TPSA) is 18.5 Å². The maximum Gasteiger partial charge on any atom is 0.0223 e. The van der Waals surface area contributed by atoms with Crippen molar-refractivity contribution >= 4 is 0 Å². The minimum atomic E-state index is 0.265. The molecule has 1 atom stereocenters. The third-order valence-corrected chi connectivity index (χ3v) is 3.60. The van der Waals surface area contributed by atoms with Crippen molar-refractivity contribution in [2.45, 2.75) is 58.0 Å². The van der Waals surface area contributed by atoms with Crippen LogP contribution in [0.4, 0.5) is 0 Å². The maximum atomic E-state index is 3.56. The SMILES string of the molecule is CN(C)CC1CCCN1CCCCNC(C)(C)C. The highest BCUT2D eigenvalue weighted by Crippen LogP contribution is 2.18. The molecular weight excluding hydrogens is 222 g/mol. The van der Waals surface area contributed by atoms with Gasteiger partial charge in [0.15, 0.2) is 0 Å². The van der Waals surface area contributed by atoms with Gasteiger partial charge in [-0.2, -0.15) is 0 Å². The summed E-state index contributed by atoms with van der Waals surface area (Å²) in [7, 11) is 4.37. The van der Waals surface area contributed by atoms with Crippen LogP contribution in [0, 0.1) is 0 Å². The van der Waals surface area contributed by atoms with E-state index in [0.717, 1.165) is 12.6 Å². The molecule has 0 spiro atoms. The first-order chi connectivity index (χ1) is 8.38. The lowest BCUT2D eigenvalue weighted by Gasteiger charge is -2.27. The van der Waals surface area contributed by atoms with Gasteiger partial charge in [-0.05, 0) is 80.2 Å². The first-order valence-electron chi connectivity index (χ1n) is 7.52. The van der Waals surface area contributed by atoms with Crippen LogP contribution < -0.4 is 5.32 Å². The molecule has 1 aliphatic heterocycles. The smallest absolute Gasteiger partial charge is 0.0223 e. The van der Waals surface area contributed by atoms with E-state index in [9.17, 15) is 0 Å². The predicted octanol–water partition coefficient (Wildman–Crippen LogP) is 2.18. The van der Waals surface area contributed by atoms with Gasteiger partial charge in [-0.15, -0.1) is 0 Å². The molecule has 0 saturated carbocycles. The fourth-order valence-corrected chi connectivity index (χ4v) is 2.72. The summed E-state index contributed by atoms with van der Waals surface area (Å²) in [6.07, 6.45) is 5.40. The van der Waals surface area contributed by atoms with Gasteiger partial charge < -0.3 is 10.2 Å². The molecule has 1 heterocycles. The Hall–Kier alpha value is -0.120. The Morgan fingerprint density at radius 3 is 2.56 bits per heavy atom. The lowest BCUT2D eigenvalue weighted by Crippen LogP contribution is -2.39. The molecular formula is C15H33N3. The molecule has 0 radical (unpaired) electrons. The number of nitrogens with one attached hydrogen (secondary N) is 1. The third-order valence-electron chi connectivity index (χ3n) is 3.60. The second kappa shape index (κ2) is 7.46. The van der Waals surface area contributed by atoms with E-state index < -0.39 is 0 Å². The van der Waals surface area contributed by atoms with Crippen molar-refractivity contribution in [2.24, 2.45) is 0 Å². The highest BCUT2D eigenvalue weighted by atomic mass is 15.2. The van der Waals surface area contributed by atoms with Crippen molar-refractivity contribution in [1.29, 1.82) is 0 Å². The summed E-state index contributed by atoms with van der Waals surface area (Å²) in [6.45, 7) is 11.7. The highest BCUT2D eigenvalue weighted by molar-refractivity contribution is 4.80. The number of likely N-dealkylation sites (tertiary alicyclic amines) is 1. The minimum Gasteiger partial charge on any atom is -0.312 e. The molecule has 108 valence electrons. The molecule has 0 amide bonds. The van der Waals surface area contributed by atoms with Gasteiger partial charge in [0.05, 0.1) is 0 Å². The van der Waals surface area contributed by atoms with E-state index in [1.807, 2.05) is 0 Å². The minimum absolute atomic E-state index is 0.265.